The number of H-pyrrole nitrogens is 1. The Labute approximate surface area is 175 Å². The van der Waals surface area contributed by atoms with Crippen LogP contribution in [0.1, 0.15) is 19.4 Å². The molecule has 0 atom stereocenters. The minimum atomic E-state index is -0.970. The Morgan fingerprint density at radius 1 is 1.21 bits per heavy atom. The van der Waals surface area contributed by atoms with Crippen molar-refractivity contribution in [2.45, 2.75) is 20.3 Å². The first-order valence-electron chi connectivity index (χ1n) is 8.59. The summed E-state index contributed by atoms with van der Waals surface area (Å²) in [6, 6.07) is 7.41. The molecule has 0 radical (unpaired) electrons. The number of aromatic nitrogens is 3. The molecule has 3 rings (SSSR count). The van der Waals surface area contributed by atoms with E-state index < -0.39 is 22.7 Å². The second-order valence-corrected chi connectivity index (χ2v) is 8.00. The van der Waals surface area contributed by atoms with Crippen LogP contribution in [0.4, 0.5) is 4.39 Å². The van der Waals surface area contributed by atoms with Crippen molar-refractivity contribution in [3.05, 3.63) is 68.3 Å². The molecule has 0 saturated carbocycles. The summed E-state index contributed by atoms with van der Waals surface area (Å²) >= 11 is 12.1. The molecule has 0 bridgehead atoms. The van der Waals surface area contributed by atoms with Crippen LogP contribution < -0.4 is 11.3 Å². The molecule has 0 aliphatic carbocycles. The number of aromatic amines is 1. The number of amides is 1. The van der Waals surface area contributed by atoms with Crippen molar-refractivity contribution < 1.29 is 9.18 Å². The summed E-state index contributed by atoms with van der Waals surface area (Å²) in [4.78, 5) is 34.8. The van der Waals surface area contributed by atoms with E-state index in [9.17, 15) is 9.59 Å². The van der Waals surface area contributed by atoms with Gasteiger partial charge in [-0.05, 0) is 30.2 Å². The minimum Gasteiger partial charge on any atom is -0.369 e. The average Bonchev–Trinajstić information content (AvgIpc) is 2.64. The molecule has 9 heteroatoms. The smallest absolute Gasteiger partial charge is 0.251 e. The van der Waals surface area contributed by atoms with Crippen molar-refractivity contribution in [1.82, 2.24) is 15.0 Å². The Kier molecular flexibility index (Phi) is 5.73. The van der Waals surface area contributed by atoms with Crippen molar-refractivity contribution in [2.75, 3.05) is 0 Å². The van der Waals surface area contributed by atoms with Gasteiger partial charge < -0.3 is 10.7 Å². The van der Waals surface area contributed by atoms with Gasteiger partial charge in [0, 0.05) is 17.7 Å². The summed E-state index contributed by atoms with van der Waals surface area (Å²) in [6.07, 6.45) is 1.47. The highest BCUT2D eigenvalue weighted by atomic mass is 35.5. The monoisotopic (exact) mass is 434 g/mol. The summed E-state index contributed by atoms with van der Waals surface area (Å²) in [5.74, 6) is -1.29. The molecule has 0 fully saturated rings. The molecule has 6 nitrogen and oxygen atoms in total. The van der Waals surface area contributed by atoms with Crippen molar-refractivity contribution >= 4 is 29.1 Å². The number of carbonyl (C=O) groups excluding carboxylic acids is 1. The van der Waals surface area contributed by atoms with Crippen molar-refractivity contribution in [2.24, 2.45) is 11.1 Å². The maximum absolute atomic E-state index is 15.3. The van der Waals surface area contributed by atoms with E-state index in [2.05, 4.69) is 15.0 Å². The number of primary amides is 1. The van der Waals surface area contributed by atoms with Crippen LogP contribution in [-0.4, -0.2) is 20.9 Å². The highest BCUT2D eigenvalue weighted by Crippen LogP contribution is 2.33. The van der Waals surface area contributed by atoms with E-state index in [0.717, 1.165) is 0 Å². The van der Waals surface area contributed by atoms with Gasteiger partial charge >= 0.3 is 0 Å². The van der Waals surface area contributed by atoms with Crippen LogP contribution in [0, 0.1) is 11.2 Å². The van der Waals surface area contributed by atoms with E-state index in [1.165, 1.54) is 24.4 Å². The van der Waals surface area contributed by atoms with E-state index in [-0.39, 0.29) is 34.1 Å². The van der Waals surface area contributed by atoms with Gasteiger partial charge in [0.2, 0.25) is 5.91 Å². The maximum atomic E-state index is 15.3. The molecule has 2 heterocycles. The molecular weight excluding hydrogens is 418 g/mol. The number of benzene rings is 1. The van der Waals surface area contributed by atoms with Gasteiger partial charge in [-0.15, -0.1) is 0 Å². The van der Waals surface area contributed by atoms with Crippen LogP contribution in [-0.2, 0) is 11.2 Å². The number of nitrogens with one attached hydrogen (secondary N) is 1. The molecule has 150 valence electrons. The number of carbonyl (C=O) groups is 1. The zero-order chi connectivity index (χ0) is 21.3. The number of rotatable bonds is 5. The molecule has 2 aromatic heterocycles. The normalized spacial score (nSPS) is 11.5. The van der Waals surface area contributed by atoms with E-state index in [1.807, 2.05) is 0 Å². The Hall–Kier alpha value is -2.77. The SMILES string of the molecule is CC(C)(Cc1ccc(Cl)c(-c2nc(-c3ccc(Cl)cn3)cc(=O)[nH]2)c1F)C(N)=O. The number of halogens is 3. The number of hydrogen-bond acceptors (Lipinski definition) is 4. The average molecular weight is 435 g/mol. The highest BCUT2D eigenvalue weighted by molar-refractivity contribution is 6.33. The molecule has 0 saturated heterocycles. The fraction of sp³-hybridized carbons (Fsp3) is 0.200. The van der Waals surface area contributed by atoms with E-state index in [0.29, 0.717) is 10.7 Å². The van der Waals surface area contributed by atoms with Gasteiger partial charge in [0.05, 0.1) is 27.0 Å². The predicted molar refractivity (Wildman–Crippen MR) is 110 cm³/mol. The van der Waals surface area contributed by atoms with Gasteiger partial charge in [-0.3, -0.25) is 14.6 Å². The Morgan fingerprint density at radius 2 is 1.93 bits per heavy atom. The number of nitrogens with zero attached hydrogens (tertiary/aromatic N) is 2. The third-order valence-electron chi connectivity index (χ3n) is 4.44. The quantitative estimate of drug-likeness (QED) is 0.633. The third-order valence-corrected chi connectivity index (χ3v) is 4.98. The number of nitrogens with two attached hydrogens (primary N) is 1. The summed E-state index contributed by atoms with van der Waals surface area (Å²) in [7, 11) is 0. The minimum absolute atomic E-state index is 0.0505. The first kappa shape index (κ1) is 21.0. The second kappa shape index (κ2) is 7.93. The van der Waals surface area contributed by atoms with Crippen LogP contribution in [0.15, 0.2) is 41.3 Å². The molecule has 1 amide bonds. The highest BCUT2D eigenvalue weighted by Gasteiger charge is 2.28. The third kappa shape index (κ3) is 4.46. The lowest BCUT2D eigenvalue weighted by Crippen LogP contribution is -2.33. The molecular formula is C20H17Cl2FN4O2. The van der Waals surface area contributed by atoms with Crippen molar-refractivity contribution in [3.63, 3.8) is 0 Å². The Balaban J connectivity index is 2.13. The Morgan fingerprint density at radius 3 is 2.55 bits per heavy atom. The van der Waals surface area contributed by atoms with Crippen molar-refractivity contribution in [1.29, 1.82) is 0 Å². The van der Waals surface area contributed by atoms with Gasteiger partial charge in [0.1, 0.15) is 11.6 Å². The van der Waals surface area contributed by atoms with E-state index in [4.69, 9.17) is 28.9 Å². The summed E-state index contributed by atoms with van der Waals surface area (Å²) < 4.78 is 15.3. The standard InChI is InChI=1S/C20H17Cl2FN4O2/c1-20(2,19(24)29)8-10-3-5-12(22)16(17(10)23)18-26-14(7-15(28)27-18)13-6-4-11(21)9-25-13/h3-7,9H,8H2,1-2H3,(H2,24,29)(H,26,27,28). The zero-order valence-electron chi connectivity index (χ0n) is 15.6. The lowest BCUT2D eigenvalue weighted by Gasteiger charge is -2.21. The van der Waals surface area contributed by atoms with Gasteiger partial charge in [-0.25, -0.2) is 9.37 Å². The largest absolute Gasteiger partial charge is 0.369 e. The summed E-state index contributed by atoms with van der Waals surface area (Å²) in [5, 5.41) is 0.491. The van der Waals surface area contributed by atoms with Crippen molar-refractivity contribution in [3.8, 4) is 22.8 Å². The lowest BCUT2D eigenvalue weighted by molar-refractivity contribution is -0.125. The maximum Gasteiger partial charge on any atom is 0.251 e. The summed E-state index contributed by atoms with van der Waals surface area (Å²) in [6.45, 7) is 3.24. The second-order valence-electron chi connectivity index (χ2n) is 7.16. The molecule has 0 unspecified atom stereocenters. The summed E-state index contributed by atoms with van der Waals surface area (Å²) in [5.41, 5.74) is 4.71. The van der Waals surface area contributed by atoms with Crippen LogP contribution in [0.5, 0.6) is 0 Å². The predicted octanol–water partition coefficient (Wildman–Crippen LogP) is 4.00. The van der Waals surface area contributed by atoms with E-state index >= 15 is 4.39 Å². The Bertz CT molecular complexity index is 1140. The first-order chi connectivity index (χ1) is 13.6. The van der Waals surface area contributed by atoms with Crippen LogP contribution in [0.2, 0.25) is 10.0 Å². The van der Waals surface area contributed by atoms with Crippen LogP contribution in [0.25, 0.3) is 22.8 Å². The molecule has 29 heavy (non-hydrogen) atoms. The number of pyridine rings is 1. The molecule has 3 aromatic rings. The first-order valence-corrected chi connectivity index (χ1v) is 9.34. The molecule has 0 aliphatic heterocycles. The zero-order valence-corrected chi connectivity index (χ0v) is 17.1. The van der Waals surface area contributed by atoms with E-state index in [1.54, 1.807) is 26.0 Å². The van der Waals surface area contributed by atoms with Crippen LogP contribution in [0.3, 0.4) is 0 Å². The number of hydrogen-bond donors (Lipinski definition) is 2. The topological polar surface area (TPSA) is 102 Å². The van der Waals surface area contributed by atoms with Gasteiger partial charge in [0.15, 0.2) is 0 Å². The fourth-order valence-corrected chi connectivity index (χ4v) is 3.09. The van der Waals surface area contributed by atoms with Crippen LogP contribution >= 0.6 is 23.2 Å². The fourth-order valence-electron chi connectivity index (χ4n) is 2.75. The van der Waals surface area contributed by atoms with Gasteiger partial charge in [-0.2, -0.15) is 0 Å². The van der Waals surface area contributed by atoms with Gasteiger partial charge in [-0.1, -0.05) is 43.1 Å². The van der Waals surface area contributed by atoms with Gasteiger partial charge in [0.25, 0.3) is 5.56 Å². The molecule has 1 aromatic carbocycles. The lowest BCUT2D eigenvalue weighted by atomic mass is 9.84. The molecule has 3 N–H and O–H groups in total. The molecule has 0 aliphatic rings. The molecule has 0 spiro atoms.